The Morgan fingerprint density at radius 1 is 1.18 bits per heavy atom. The van der Waals surface area contributed by atoms with E-state index in [9.17, 15) is 18.0 Å². The molecule has 2 aromatic rings. The van der Waals surface area contributed by atoms with E-state index in [1.807, 2.05) is 37.5 Å². The quantitative estimate of drug-likeness (QED) is 0.363. The van der Waals surface area contributed by atoms with Crippen LogP contribution in [0.4, 0.5) is 0 Å². The van der Waals surface area contributed by atoms with E-state index in [0.717, 1.165) is 35.5 Å². The van der Waals surface area contributed by atoms with Gasteiger partial charge in [0, 0.05) is 50.5 Å². The summed E-state index contributed by atoms with van der Waals surface area (Å²) in [4.78, 5) is 33.3. The van der Waals surface area contributed by atoms with Crippen LogP contribution in [-0.4, -0.2) is 103 Å². The van der Waals surface area contributed by atoms with Crippen molar-refractivity contribution in [3.63, 3.8) is 0 Å². The van der Waals surface area contributed by atoms with Gasteiger partial charge in [0.25, 0.3) is 5.91 Å². The molecule has 1 spiro atoms. The number of amides is 2. The van der Waals surface area contributed by atoms with Crippen LogP contribution < -0.4 is 10.0 Å². The zero-order chi connectivity index (χ0) is 32.9. The number of carbonyl (C=O) groups is 2. The lowest BCUT2D eigenvalue weighted by molar-refractivity contribution is -0.159. The molecule has 0 radical (unpaired) electrons. The number of aryl methyl sites for hydroxylation is 1. The summed E-state index contributed by atoms with van der Waals surface area (Å²) in [5, 5.41) is 7.68. The number of unbranched alkanes of at least 4 members (excludes halogenated alkanes) is 1. The monoisotopic (exact) mass is 637 g/mol. The highest BCUT2D eigenvalue weighted by atomic mass is 32.2. The number of likely N-dealkylation sites (tertiary alicyclic amines) is 1. The van der Waals surface area contributed by atoms with Crippen molar-refractivity contribution in [2.75, 3.05) is 46.8 Å². The molecular formula is C33H47N7O4S. The van der Waals surface area contributed by atoms with Crippen molar-refractivity contribution in [1.29, 1.82) is 0 Å². The second-order valence-electron chi connectivity index (χ2n) is 12.4. The predicted molar refractivity (Wildman–Crippen MR) is 175 cm³/mol. The molecule has 0 saturated carbocycles. The molecular weight excluding hydrogens is 590 g/mol. The third-order valence-corrected chi connectivity index (χ3v) is 10.1. The lowest BCUT2D eigenvalue weighted by Gasteiger charge is -2.51. The maximum atomic E-state index is 13.6. The first-order valence-electron chi connectivity index (χ1n) is 15.6. The number of carbonyl (C=O) groups excluding carboxylic acids is 2. The van der Waals surface area contributed by atoms with Gasteiger partial charge < -0.3 is 15.1 Å². The Kier molecular flexibility index (Phi) is 10.9. The van der Waals surface area contributed by atoms with Crippen molar-refractivity contribution in [3.05, 3.63) is 53.4 Å². The molecule has 2 saturated heterocycles. The Hall–Kier alpha value is -3.50. The lowest BCUT2D eigenvalue weighted by atomic mass is 9.81. The predicted octanol–water partition coefficient (Wildman–Crippen LogP) is 2.37. The molecule has 1 atom stereocenters. The van der Waals surface area contributed by atoms with E-state index in [4.69, 9.17) is 5.10 Å². The van der Waals surface area contributed by atoms with Gasteiger partial charge >= 0.3 is 0 Å². The molecule has 45 heavy (non-hydrogen) atoms. The van der Waals surface area contributed by atoms with Crippen LogP contribution in [0.25, 0.3) is 5.69 Å². The number of sulfonamides is 1. The van der Waals surface area contributed by atoms with Crippen LogP contribution in [0.5, 0.6) is 0 Å². The van der Waals surface area contributed by atoms with E-state index in [-0.39, 0.29) is 16.7 Å². The summed E-state index contributed by atoms with van der Waals surface area (Å²) in [5.74, 6) is 5.49. The van der Waals surface area contributed by atoms with Crippen molar-refractivity contribution >= 4 is 21.8 Å². The molecule has 2 amide bonds. The van der Waals surface area contributed by atoms with Crippen LogP contribution in [0, 0.1) is 25.7 Å². The first-order valence-corrected chi connectivity index (χ1v) is 17.1. The van der Waals surface area contributed by atoms with E-state index in [0.29, 0.717) is 57.7 Å². The van der Waals surface area contributed by atoms with E-state index in [1.165, 1.54) is 0 Å². The molecule has 3 heterocycles. The van der Waals surface area contributed by atoms with Crippen molar-refractivity contribution in [2.24, 2.45) is 0 Å². The lowest BCUT2D eigenvalue weighted by Crippen LogP contribution is -2.72. The van der Waals surface area contributed by atoms with E-state index >= 15 is 0 Å². The fourth-order valence-electron chi connectivity index (χ4n) is 5.96. The molecule has 11 nitrogen and oxygen atoms in total. The Labute approximate surface area is 268 Å². The van der Waals surface area contributed by atoms with Gasteiger partial charge in [0.1, 0.15) is 5.54 Å². The average molecular weight is 638 g/mol. The fraction of sp³-hybridized carbons (Fsp3) is 0.545. The summed E-state index contributed by atoms with van der Waals surface area (Å²) in [6, 6.07) is 5.89. The van der Waals surface area contributed by atoms with Crippen LogP contribution in [-0.2, 0) is 26.2 Å². The Balaban J connectivity index is 1.46. The van der Waals surface area contributed by atoms with Crippen LogP contribution in [0.3, 0.4) is 0 Å². The van der Waals surface area contributed by atoms with Crippen molar-refractivity contribution < 1.29 is 18.0 Å². The van der Waals surface area contributed by atoms with Crippen molar-refractivity contribution in [3.8, 4) is 17.5 Å². The minimum Gasteiger partial charge on any atom is -0.332 e. The number of piperazine rings is 1. The van der Waals surface area contributed by atoms with Crippen LogP contribution in [0.1, 0.15) is 56.5 Å². The van der Waals surface area contributed by atoms with Gasteiger partial charge in [-0.1, -0.05) is 31.8 Å². The van der Waals surface area contributed by atoms with Gasteiger partial charge in [-0.05, 0) is 84.0 Å². The highest BCUT2D eigenvalue weighted by Crippen LogP contribution is 2.34. The number of piperidine rings is 1. The standard InChI is InChI=1S/C33H47N7O4S/c1-8-9-19-39-31(41)30(15-10-24(2)3)35-32(42)33(39)16-20-38(21-17-33)23-29-25(4)36-40(26(29)5)27-11-13-28(14-12-27)45(43,44)34-18-22-37(6)7/h11-14,30,34H,2,8-9,16-23H2,1,3-7H3,(H,35,42)/t30-/m0/s1. The van der Waals surface area contributed by atoms with Gasteiger partial charge in [-0.2, -0.15) is 5.10 Å². The first kappa shape index (κ1) is 34.4. The third-order valence-electron chi connectivity index (χ3n) is 8.64. The van der Waals surface area contributed by atoms with E-state index < -0.39 is 21.6 Å². The number of likely N-dealkylation sites (N-methyl/N-ethyl adjacent to an activating group) is 1. The summed E-state index contributed by atoms with van der Waals surface area (Å²) in [6.45, 7) is 15.1. The summed E-state index contributed by atoms with van der Waals surface area (Å²) >= 11 is 0. The van der Waals surface area contributed by atoms with Crippen molar-refractivity contribution in [2.45, 2.75) is 76.4 Å². The molecule has 12 heteroatoms. The number of allylic oxidation sites excluding steroid dienone is 1. The second kappa shape index (κ2) is 14.3. The average Bonchev–Trinajstić information content (AvgIpc) is 3.27. The van der Waals surface area contributed by atoms with Gasteiger partial charge in [-0.25, -0.2) is 17.8 Å². The number of aromatic nitrogens is 2. The maximum absolute atomic E-state index is 13.6. The van der Waals surface area contributed by atoms with Gasteiger partial charge in [0.05, 0.1) is 16.3 Å². The molecule has 2 aliphatic heterocycles. The number of nitrogens with one attached hydrogen (secondary N) is 2. The number of nitrogens with zero attached hydrogens (tertiary/aromatic N) is 5. The summed E-state index contributed by atoms with van der Waals surface area (Å²) in [6.07, 6.45) is 2.83. The number of benzene rings is 1. The van der Waals surface area contributed by atoms with E-state index in [1.54, 1.807) is 36.1 Å². The normalized spacial score (nSPS) is 18.6. The molecule has 2 fully saturated rings. The van der Waals surface area contributed by atoms with Gasteiger partial charge in [-0.15, -0.1) is 0 Å². The van der Waals surface area contributed by atoms with Gasteiger partial charge in [0.2, 0.25) is 15.9 Å². The zero-order valence-electron chi connectivity index (χ0n) is 27.4. The molecule has 1 aromatic carbocycles. The van der Waals surface area contributed by atoms with Gasteiger partial charge in [0.15, 0.2) is 6.04 Å². The maximum Gasteiger partial charge on any atom is 0.258 e. The van der Waals surface area contributed by atoms with Crippen molar-refractivity contribution in [1.82, 2.24) is 34.5 Å². The molecule has 0 aliphatic carbocycles. The second-order valence-corrected chi connectivity index (χ2v) is 14.1. The summed E-state index contributed by atoms with van der Waals surface area (Å²) < 4.78 is 29.9. The topological polar surface area (TPSA) is 120 Å². The first-order chi connectivity index (χ1) is 21.3. The smallest absolute Gasteiger partial charge is 0.258 e. The highest BCUT2D eigenvalue weighted by Gasteiger charge is 2.53. The van der Waals surface area contributed by atoms with Gasteiger partial charge in [-0.3, -0.25) is 14.5 Å². The molecule has 1 aromatic heterocycles. The Morgan fingerprint density at radius 3 is 2.44 bits per heavy atom. The zero-order valence-corrected chi connectivity index (χ0v) is 28.3. The molecule has 244 valence electrons. The molecule has 2 aliphatic rings. The highest BCUT2D eigenvalue weighted by molar-refractivity contribution is 7.89. The Morgan fingerprint density at radius 2 is 1.84 bits per heavy atom. The third kappa shape index (κ3) is 7.66. The molecule has 2 N–H and O–H groups in total. The Bertz CT molecular complexity index is 1580. The van der Waals surface area contributed by atoms with Crippen LogP contribution >= 0.6 is 0 Å². The number of hydrogen-bond acceptors (Lipinski definition) is 7. The van der Waals surface area contributed by atoms with Crippen LogP contribution in [0.15, 0.2) is 41.3 Å². The van der Waals surface area contributed by atoms with Crippen LogP contribution in [0.2, 0.25) is 0 Å². The summed E-state index contributed by atoms with van der Waals surface area (Å²) in [5.41, 5.74) is 3.51. The molecule has 4 rings (SSSR count). The minimum absolute atomic E-state index is 0.127. The fourth-order valence-corrected chi connectivity index (χ4v) is 6.98. The molecule has 0 unspecified atom stereocenters. The number of rotatable bonds is 11. The largest absolute Gasteiger partial charge is 0.332 e. The van der Waals surface area contributed by atoms with E-state index in [2.05, 4.69) is 40.3 Å². The minimum atomic E-state index is -3.60. The number of hydrogen-bond donors (Lipinski definition) is 2. The molecule has 0 bridgehead atoms. The summed E-state index contributed by atoms with van der Waals surface area (Å²) in [7, 11) is 0.185. The SMILES string of the molecule is C=C(C)C#C[C@@H]1NC(=O)C2(CCN(Cc3c(C)nn(-c4ccc(S(=O)(=O)NCCN(C)C)cc4)c3C)CC2)N(CCCC)C1=O.